The Bertz CT molecular complexity index is 1410. The van der Waals surface area contributed by atoms with Crippen molar-refractivity contribution in [3.63, 3.8) is 0 Å². The fourth-order valence-electron chi connectivity index (χ4n) is 4.78. The highest BCUT2D eigenvalue weighted by Crippen LogP contribution is 2.31. The second kappa shape index (κ2) is 8.74. The van der Waals surface area contributed by atoms with E-state index in [4.69, 9.17) is 0 Å². The van der Waals surface area contributed by atoms with E-state index in [0.717, 1.165) is 34.3 Å². The van der Waals surface area contributed by atoms with Crippen LogP contribution >= 0.6 is 0 Å². The zero-order valence-corrected chi connectivity index (χ0v) is 18.8. The Hall–Kier alpha value is -4.00. The molecule has 4 aromatic rings. The monoisotopic (exact) mass is 457 g/mol. The number of nitrogens with zero attached hydrogens (tertiary/aromatic N) is 3. The summed E-state index contributed by atoms with van der Waals surface area (Å²) >= 11 is 0. The molecule has 0 atom stereocenters. The van der Waals surface area contributed by atoms with Gasteiger partial charge in [0.1, 0.15) is 11.5 Å². The third-order valence-corrected chi connectivity index (χ3v) is 6.50. The van der Waals surface area contributed by atoms with Gasteiger partial charge in [-0.05, 0) is 65.9 Å². The molecule has 34 heavy (non-hydrogen) atoms. The highest BCUT2D eigenvalue weighted by molar-refractivity contribution is 5.89. The molecule has 0 spiro atoms. The van der Waals surface area contributed by atoms with E-state index < -0.39 is 5.97 Å². The lowest BCUT2D eigenvalue weighted by molar-refractivity contribution is -0.131. The molecule has 0 unspecified atom stereocenters. The molecule has 3 heterocycles. The standard InChI is InChI=1S/C27H24FN3O3/c1-17-13-19(6-9-21(17)27(33)34)14-25(32)30-12-10-22-23-3-2-11-29-26(23)31(24(22)16-30)15-18-4-7-20(28)8-5-18/h2-9,11,13H,10,12,14-16H2,1H3,(H,33,34). The van der Waals surface area contributed by atoms with Crippen molar-refractivity contribution in [3.05, 3.63) is 100 Å². The van der Waals surface area contributed by atoms with Gasteiger partial charge in [0.2, 0.25) is 5.91 Å². The molecule has 1 aliphatic heterocycles. The van der Waals surface area contributed by atoms with E-state index in [0.29, 0.717) is 25.2 Å². The largest absolute Gasteiger partial charge is 0.478 e. The Kier molecular flexibility index (Phi) is 5.61. The lowest BCUT2D eigenvalue weighted by Crippen LogP contribution is -2.37. The highest BCUT2D eigenvalue weighted by Gasteiger charge is 2.27. The average molecular weight is 458 g/mol. The van der Waals surface area contributed by atoms with Crippen molar-refractivity contribution in [2.24, 2.45) is 0 Å². The number of hydrogen-bond donors (Lipinski definition) is 1. The number of carboxylic acids is 1. The van der Waals surface area contributed by atoms with Gasteiger partial charge in [-0.3, -0.25) is 4.79 Å². The van der Waals surface area contributed by atoms with Gasteiger partial charge in [-0.15, -0.1) is 0 Å². The van der Waals surface area contributed by atoms with Gasteiger partial charge in [0.15, 0.2) is 0 Å². The predicted molar refractivity (Wildman–Crippen MR) is 126 cm³/mol. The van der Waals surface area contributed by atoms with Crippen LogP contribution in [0.3, 0.4) is 0 Å². The normalized spacial score (nSPS) is 13.2. The average Bonchev–Trinajstić information content (AvgIpc) is 3.13. The third kappa shape index (κ3) is 4.05. The van der Waals surface area contributed by atoms with Gasteiger partial charge in [0, 0.05) is 30.4 Å². The summed E-state index contributed by atoms with van der Waals surface area (Å²) in [6.45, 7) is 3.37. The Morgan fingerprint density at radius 3 is 2.59 bits per heavy atom. The molecule has 2 aromatic heterocycles. The van der Waals surface area contributed by atoms with Crippen molar-refractivity contribution in [1.29, 1.82) is 0 Å². The van der Waals surface area contributed by atoms with Gasteiger partial charge in [-0.1, -0.05) is 24.3 Å². The molecule has 5 rings (SSSR count). The number of amides is 1. The van der Waals surface area contributed by atoms with Crippen LogP contribution in [-0.2, 0) is 30.7 Å². The second-order valence-corrected chi connectivity index (χ2v) is 8.71. The molecule has 0 aliphatic carbocycles. The van der Waals surface area contributed by atoms with Gasteiger partial charge in [0.05, 0.1) is 18.5 Å². The van der Waals surface area contributed by atoms with E-state index in [2.05, 4.69) is 15.6 Å². The molecule has 7 heteroatoms. The number of halogens is 1. The quantitative estimate of drug-likeness (QED) is 0.483. The molecule has 2 aromatic carbocycles. The minimum Gasteiger partial charge on any atom is -0.478 e. The first-order chi connectivity index (χ1) is 16.4. The van der Waals surface area contributed by atoms with Crippen LogP contribution in [0.1, 0.15) is 38.3 Å². The molecule has 0 fully saturated rings. The van der Waals surface area contributed by atoms with E-state index >= 15 is 0 Å². The predicted octanol–water partition coefficient (Wildman–Crippen LogP) is 4.36. The van der Waals surface area contributed by atoms with E-state index in [1.165, 1.54) is 17.7 Å². The zero-order chi connectivity index (χ0) is 23.8. The fourth-order valence-corrected chi connectivity index (χ4v) is 4.78. The first-order valence-electron chi connectivity index (χ1n) is 11.2. The summed E-state index contributed by atoms with van der Waals surface area (Å²) < 4.78 is 15.5. The summed E-state index contributed by atoms with van der Waals surface area (Å²) in [6, 6.07) is 15.5. The SMILES string of the molecule is Cc1cc(CC(=O)N2CCc3c(n(Cc4ccc(F)cc4)c4ncccc34)C2)ccc1C(=O)O. The van der Waals surface area contributed by atoms with E-state index in [1.807, 2.05) is 11.0 Å². The number of aryl methyl sites for hydroxylation is 1. The minimum absolute atomic E-state index is 0.000303. The zero-order valence-electron chi connectivity index (χ0n) is 18.8. The molecular formula is C27H24FN3O3. The van der Waals surface area contributed by atoms with Gasteiger partial charge < -0.3 is 14.6 Å². The summed E-state index contributed by atoms with van der Waals surface area (Å²) in [5.74, 6) is -1.24. The summed E-state index contributed by atoms with van der Waals surface area (Å²) in [6.07, 6.45) is 2.71. The number of aromatic nitrogens is 2. The first-order valence-corrected chi connectivity index (χ1v) is 11.2. The number of carbonyl (C=O) groups excluding carboxylic acids is 1. The molecule has 0 saturated heterocycles. The maximum absolute atomic E-state index is 13.4. The van der Waals surface area contributed by atoms with Crippen molar-refractivity contribution in [1.82, 2.24) is 14.5 Å². The lowest BCUT2D eigenvalue weighted by atomic mass is 10.0. The van der Waals surface area contributed by atoms with Crippen LogP contribution in [0.2, 0.25) is 0 Å². The Labute approximate surface area is 196 Å². The maximum atomic E-state index is 13.4. The van der Waals surface area contributed by atoms with Crippen LogP contribution < -0.4 is 0 Å². The topological polar surface area (TPSA) is 75.4 Å². The maximum Gasteiger partial charge on any atom is 0.335 e. The summed E-state index contributed by atoms with van der Waals surface area (Å²) in [5, 5.41) is 10.3. The van der Waals surface area contributed by atoms with Crippen molar-refractivity contribution in [3.8, 4) is 0 Å². The van der Waals surface area contributed by atoms with Gasteiger partial charge >= 0.3 is 5.97 Å². The molecule has 1 N–H and O–H groups in total. The van der Waals surface area contributed by atoms with E-state index in [9.17, 15) is 19.1 Å². The number of aromatic carboxylic acids is 1. The highest BCUT2D eigenvalue weighted by atomic mass is 19.1. The number of carbonyl (C=O) groups is 2. The molecule has 0 bridgehead atoms. The first kappa shape index (κ1) is 21.8. The van der Waals surface area contributed by atoms with Gasteiger partial charge in [-0.25, -0.2) is 14.2 Å². The molecule has 1 aliphatic rings. The lowest BCUT2D eigenvalue weighted by Gasteiger charge is -2.29. The number of fused-ring (bicyclic) bond motifs is 3. The number of rotatable bonds is 5. The number of hydrogen-bond acceptors (Lipinski definition) is 3. The van der Waals surface area contributed by atoms with E-state index in [-0.39, 0.29) is 23.7 Å². The minimum atomic E-state index is -0.971. The van der Waals surface area contributed by atoms with Gasteiger partial charge in [0.25, 0.3) is 0 Å². The molecule has 172 valence electrons. The van der Waals surface area contributed by atoms with E-state index in [1.54, 1.807) is 43.5 Å². The molecule has 0 radical (unpaired) electrons. The fraction of sp³-hybridized carbons (Fsp3) is 0.222. The number of pyridine rings is 1. The van der Waals surface area contributed by atoms with Crippen LogP contribution in [0.25, 0.3) is 11.0 Å². The number of carboxylic acid groups (broad SMARTS) is 1. The smallest absolute Gasteiger partial charge is 0.335 e. The Morgan fingerprint density at radius 2 is 1.85 bits per heavy atom. The van der Waals surface area contributed by atoms with Crippen LogP contribution in [0.5, 0.6) is 0 Å². The Morgan fingerprint density at radius 1 is 1.09 bits per heavy atom. The van der Waals surface area contributed by atoms with Crippen molar-refractivity contribution >= 4 is 22.9 Å². The van der Waals surface area contributed by atoms with Crippen molar-refractivity contribution in [2.75, 3.05) is 6.54 Å². The summed E-state index contributed by atoms with van der Waals surface area (Å²) in [4.78, 5) is 30.9. The van der Waals surface area contributed by atoms with Crippen LogP contribution in [0.15, 0.2) is 60.8 Å². The molecule has 6 nitrogen and oxygen atoms in total. The third-order valence-electron chi connectivity index (χ3n) is 6.50. The van der Waals surface area contributed by atoms with Crippen LogP contribution in [-0.4, -0.2) is 38.0 Å². The number of benzene rings is 2. The second-order valence-electron chi connectivity index (χ2n) is 8.71. The van der Waals surface area contributed by atoms with Crippen molar-refractivity contribution in [2.45, 2.75) is 32.9 Å². The molecular weight excluding hydrogens is 433 g/mol. The van der Waals surface area contributed by atoms with Gasteiger partial charge in [-0.2, -0.15) is 0 Å². The summed E-state index contributed by atoms with van der Waals surface area (Å²) in [5.41, 5.74) is 5.77. The van der Waals surface area contributed by atoms with Crippen LogP contribution in [0.4, 0.5) is 4.39 Å². The Balaban J connectivity index is 1.42. The molecule has 1 amide bonds. The molecule has 0 saturated carbocycles. The van der Waals surface area contributed by atoms with Crippen molar-refractivity contribution < 1.29 is 19.1 Å². The summed E-state index contributed by atoms with van der Waals surface area (Å²) in [7, 11) is 0. The van der Waals surface area contributed by atoms with Crippen LogP contribution in [0, 0.1) is 12.7 Å².